The van der Waals surface area contributed by atoms with Crippen LogP contribution < -0.4 is 5.32 Å². The van der Waals surface area contributed by atoms with Gasteiger partial charge in [-0.3, -0.25) is 0 Å². The monoisotopic (exact) mass is 367 g/mol. The van der Waals surface area contributed by atoms with Crippen molar-refractivity contribution in [1.29, 1.82) is 0 Å². The van der Waals surface area contributed by atoms with Crippen LogP contribution in [0.2, 0.25) is 5.15 Å². The number of nitrogens with one attached hydrogen (secondary N) is 1. The zero-order valence-corrected chi connectivity index (χ0v) is 14.2. The molecule has 0 aliphatic heterocycles. The number of hydrogen-bond acceptors (Lipinski definition) is 8. The maximum absolute atomic E-state index is 11.7. The van der Waals surface area contributed by atoms with Crippen molar-refractivity contribution in [2.75, 3.05) is 11.6 Å². The van der Waals surface area contributed by atoms with Crippen LogP contribution in [0, 0.1) is 0 Å². The van der Waals surface area contributed by atoms with E-state index in [4.69, 9.17) is 11.6 Å². The molecule has 3 rings (SSSR count). The summed E-state index contributed by atoms with van der Waals surface area (Å²) in [5.41, 5.74) is 1.09. The van der Waals surface area contributed by atoms with Crippen LogP contribution in [-0.4, -0.2) is 34.6 Å². The van der Waals surface area contributed by atoms with Gasteiger partial charge in [0.25, 0.3) is 0 Å². The number of rotatable bonds is 4. The predicted molar refractivity (Wildman–Crippen MR) is 88.8 cm³/mol. The van der Waals surface area contributed by atoms with E-state index in [2.05, 4.69) is 25.3 Å². The highest BCUT2D eigenvalue weighted by molar-refractivity contribution is 7.90. The molecule has 3 aromatic heterocycles. The van der Waals surface area contributed by atoms with Gasteiger partial charge in [0.05, 0.1) is 11.9 Å². The molecule has 0 aromatic carbocycles. The molecule has 10 heteroatoms. The third-order valence-corrected chi connectivity index (χ3v) is 5.09. The summed E-state index contributed by atoms with van der Waals surface area (Å²) >= 11 is 7.28. The number of aromatic nitrogens is 4. The maximum Gasteiger partial charge on any atom is 0.227 e. The predicted octanol–water partition coefficient (Wildman–Crippen LogP) is 2.80. The Kier molecular flexibility index (Phi) is 4.24. The van der Waals surface area contributed by atoms with Crippen molar-refractivity contribution in [3.8, 4) is 10.7 Å². The Morgan fingerprint density at radius 1 is 1.22 bits per heavy atom. The molecule has 3 aromatic rings. The number of halogens is 1. The Labute approximate surface area is 141 Å². The summed E-state index contributed by atoms with van der Waals surface area (Å²) in [4.78, 5) is 16.4. The van der Waals surface area contributed by atoms with Crippen LogP contribution in [0.5, 0.6) is 0 Å². The first-order valence-corrected chi connectivity index (χ1v) is 9.44. The summed E-state index contributed by atoms with van der Waals surface area (Å²) in [5.74, 6) is 0.307. The zero-order chi connectivity index (χ0) is 16.4. The van der Waals surface area contributed by atoms with Gasteiger partial charge in [-0.2, -0.15) is 0 Å². The molecule has 0 saturated carbocycles. The van der Waals surface area contributed by atoms with Crippen molar-refractivity contribution < 1.29 is 8.42 Å². The van der Waals surface area contributed by atoms with E-state index in [9.17, 15) is 8.42 Å². The van der Waals surface area contributed by atoms with Gasteiger partial charge in [-0.1, -0.05) is 11.6 Å². The molecule has 118 valence electrons. The van der Waals surface area contributed by atoms with Crippen molar-refractivity contribution >= 4 is 44.4 Å². The van der Waals surface area contributed by atoms with Crippen LogP contribution in [0.4, 0.5) is 11.6 Å². The van der Waals surface area contributed by atoms with E-state index in [1.54, 1.807) is 18.5 Å². The molecule has 0 spiro atoms. The van der Waals surface area contributed by atoms with Gasteiger partial charge in [0.15, 0.2) is 9.84 Å². The normalized spacial score (nSPS) is 11.4. The standard InChI is InChI=1S/C13H10ClN5O2S2/c1-23(20,21)10-6-8(7-17-11(10)14)18-13-16-3-2-9(19-13)12-15-4-5-22-12/h2-7H,1H3,(H,16,18,19). The molecule has 0 unspecified atom stereocenters. The van der Waals surface area contributed by atoms with E-state index >= 15 is 0 Å². The lowest BCUT2D eigenvalue weighted by Crippen LogP contribution is -2.03. The Balaban J connectivity index is 1.93. The van der Waals surface area contributed by atoms with Crippen molar-refractivity contribution in [1.82, 2.24) is 19.9 Å². The van der Waals surface area contributed by atoms with Gasteiger partial charge in [-0.25, -0.2) is 28.4 Å². The number of anilines is 2. The highest BCUT2D eigenvalue weighted by atomic mass is 35.5. The fourth-order valence-electron chi connectivity index (χ4n) is 1.77. The molecule has 0 aliphatic rings. The van der Waals surface area contributed by atoms with Crippen molar-refractivity contribution in [2.45, 2.75) is 4.90 Å². The Morgan fingerprint density at radius 2 is 2.04 bits per heavy atom. The van der Waals surface area contributed by atoms with Crippen molar-refractivity contribution in [3.63, 3.8) is 0 Å². The quantitative estimate of drug-likeness (QED) is 0.708. The fraction of sp³-hybridized carbons (Fsp3) is 0.0769. The van der Waals surface area contributed by atoms with Gasteiger partial charge >= 0.3 is 0 Å². The van der Waals surface area contributed by atoms with E-state index in [1.165, 1.54) is 23.6 Å². The topological polar surface area (TPSA) is 97.7 Å². The molecule has 7 nitrogen and oxygen atoms in total. The SMILES string of the molecule is CS(=O)(=O)c1cc(Nc2nccc(-c3nccs3)n2)cnc1Cl. The zero-order valence-electron chi connectivity index (χ0n) is 11.8. The number of sulfone groups is 1. The van der Waals surface area contributed by atoms with E-state index in [0.29, 0.717) is 17.3 Å². The minimum atomic E-state index is -3.48. The Bertz CT molecular complexity index is 945. The summed E-state index contributed by atoms with van der Waals surface area (Å²) < 4.78 is 23.4. The summed E-state index contributed by atoms with van der Waals surface area (Å²) in [5, 5.41) is 5.46. The molecule has 0 saturated heterocycles. The third-order valence-electron chi connectivity index (χ3n) is 2.77. The number of nitrogens with zero attached hydrogens (tertiary/aromatic N) is 4. The molecule has 0 fully saturated rings. The molecule has 3 heterocycles. The van der Waals surface area contributed by atoms with Crippen LogP contribution in [0.1, 0.15) is 0 Å². The van der Waals surface area contributed by atoms with Gasteiger partial charge < -0.3 is 5.32 Å². The second-order valence-corrected chi connectivity index (χ2v) is 7.75. The average molecular weight is 368 g/mol. The molecule has 0 radical (unpaired) electrons. The van der Waals surface area contributed by atoms with Gasteiger partial charge in [0, 0.05) is 24.0 Å². The highest BCUT2D eigenvalue weighted by Gasteiger charge is 2.15. The Hall–Kier alpha value is -2.10. The third kappa shape index (κ3) is 3.63. The minimum Gasteiger partial charge on any atom is -0.323 e. The second-order valence-electron chi connectivity index (χ2n) is 4.51. The first-order chi connectivity index (χ1) is 10.9. The molecule has 0 bridgehead atoms. The highest BCUT2D eigenvalue weighted by Crippen LogP contribution is 2.25. The first kappa shape index (κ1) is 15.8. The van der Waals surface area contributed by atoms with Gasteiger partial charge in [0.1, 0.15) is 20.8 Å². The number of thiazole rings is 1. The van der Waals surface area contributed by atoms with Crippen LogP contribution in [0.15, 0.2) is 41.0 Å². The molecule has 23 heavy (non-hydrogen) atoms. The second kappa shape index (κ2) is 6.19. The first-order valence-electron chi connectivity index (χ1n) is 6.29. The summed E-state index contributed by atoms with van der Waals surface area (Å²) in [6.45, 7) is 0. The van der Waals surface area contributed by atoms with E-state index in [1.807, 2.05) is 5.38 Å². The van der Waals surface area contributed by atoms with Gasteiger partial charge in [0.2, 0.25) is 5.95 Å². The molecular formula is C13H10ClN5O2S2. The van der Waals surface area contributed by atoms with Crippen LogP contribution in [-0.2, 0) is 9.84 Å². The van der Waals surface area contributed by atoms with Crippen LogP contribution >= 0.6 is 22.9 Å². The van der Waals surface area contributed by atoms with Gasteiger partial charge in [-0.05, 0) is 12.1 Å². The number of hydrogen-bond donors (Lipinski definition) is 1. The smallest absolute Gasteiger partial charge is 0.227 e. The Morgan fingerprint density at radius 3 is 2.74 bits per heavy atom. The molecule has 1 N–H and O–H groups in total. The van der Waals surface area contributed by atoms with E-state index in [0.717, 1.165) is 11.3 Å². The number of pyridine rings is 1. The average Bonchev–Trinajstić information content (AvgIpc) is 3.03. The molecule has 0 amide bonds. The molecular weight excluding hydrogens is 358 g/mol. The summed E-state index contributed by atoms with van der Waals surface area (Å²) in [7, 11) is -3.48. The minimum absolute atomic E-state index is 0.0553. The lowest BCUT2D eigenvalue weighted by molar-refractivity contribution is 0.601. The van der Waals surface area contributed by atoms with Crippen molar-refractivity contribution in [3.05, 3.63) is 41.3 Å². The fourth-order valence-corrected chi connectivity index (χ4v) is 3.60. The van der Waals surface area contributed by atoms with Gasteiger partial charge in [-0.15, -0.1) is 11.3 Å². The maximum atomic E-state index is 11.7. The molecule has 0 aliphatic carbocycles. The van der Waals surface area contributed by atoms with E-state index < -0.39 is 9.84 Å². The molecule has 0 atom stereocenters. The van der Waals surface area contributed by atoms with Crippen LogP contribution in [0.3, 0.4) is 0 Å². The van der Waals surface area contributed by atoms with Crippen LogP contribution in [0.25, 0.3) is 10.7 Å². The van der Waals surface area contributed by atoms with E-state index in [-0.39, 0.29) is 10.0 Å². The van der Waals surface area contributed by atoms with Crippen molar-refractivity contribution in [2.24, 2.45) is 0 Å². The summed E-state index contributed by atoms with van der Waals surface area (Å²) in [6.07, 6.45) is 5.76. The lowest BCUT2D eigenvalue weighted by Gasteiger charge is -2.07. The largest absolute Gasteiger partial charge is 0.323 e. The lowest BCUT2D eigenvalue weighted by atomic mass is 10.4. The summed E-state index contributed by atoms with van der Waals surface area (Å²) in [6, 6.07) is 3.14.